The van der Waals surface area contributed by atoms with Crippen molar-refractivity contribution in [2.75, 3.05) is 0 Å². The summed E-state index contributed by atoms with van der Waals surface area (Å²) >= 11 is 0. The third-order valence-electron chi connectivity index (χ3n) is 2.80. The van der Waals surface area contributed by atoms with E-state index >= 15 is 0 Å². The number of aliphatic hydroxyl groups is 1. The predicted molar refractivity (Wildman–Crippen MR) is 65.3 cm³/mol. The lowest BCUT2D eigenvalue weighted by Crippen LogP contribution is -2.17. The topological polar surface area (TPSA) is 42.6 Å². The summed E-state index contributed by atoms with van der Waals surface area (Å²) in [5, 5.41) is 10.2. The number of furan rings is 1. The van der Waals surface area contributed by atoms with Crippen LogP contribution in [0.1, 0.15) is 29.9 Å². The zero-order valence-corrected chi connectivity index (χ0v) is 10.6. The average Bonchev–Trinajstić information content (AvgIpc) is 2.84. The van der Waals surface area contributed by atoms with Crippen molar-refractivity contribution >= 4 is 0 Å². The molecule has 1 heterocycles. The molecule has 6 heteroatoms. The van der Waals surface area contributed by atoms with E-state index in [0.717, 1.165) is 6.07 Å². The van der Waals surface area contributed by atoms with Gasteiger partial charge in [0, 0.05) is 12.0 Å². The smallest absolute Gasteiger partial charge is 0.469 e. The van der Waals surface area contributed by atoms with Crippen LogP contribution in [0.15, 0.2) is 41.0 Å². The third-order valence-corrected chi connectivity index (χ3v) is 2.80. The van der Waals surface area contributed by atoms with E-state index in [1.807, 2.05) is 6.92 Å². The summed E-state index contributed by atoms with van der Waals surface area (Å²) in [5.41, 5.74) is 0.847. The van der Waals surface area contributed by atoms with Gasteiger partial charge in [0.25, 0.3) is 0 Å². The van der Waals surface area contributed by atoms with Crippen molar-refractivity contribution in [1.29, 1.82) is 0 Å². The Labute approximate surface area is 113 Å². The fraction of sp³-hybridized carbons (Fsp3) is 0.286. The second-order valence-corrected chi connectivity index (χ2v) is 4.18. The number of aryl methyl sites for hydroxylation is 1. The Morgan fingerprint density at radius 3 is 2.70 bits per heavy atom. The second-order valence-electron chi connectivity index (χ2n) is 4.18. The zero-order valence-electron chi connectivity index (χ0n) is 10.6. The molecule has 1 aromatic heterocycles. The van der Waals surface area contributed by atoms with E-state index in [1.165, 1.54) is 24.5 Å². The molecule has 0 radical (unpaired) electrons. The van der Waals surface area contributed by atoms with Gasteiger partial charge < -0.3 is 14.3 Å². The maximum Gasteiger partial charge on any atom is 0.573 e. The first-order chi connectivity index (χ1) is 9.40. The number of aliphatic hydroxyl groups excluding tert-OH is 1. The molecule has 1 N–H and O–H groups in total. The summed E-state index contributed by atoms with van der Waals surface area (Å²) in [4.78, 5) is 0. The van der Waals surface area contributed by atoms with E-state index in [1.54, 1.807) is 6.07 Å². The third kappa shape index (κ3) is 3.33. The molecule has 1 atom stereocenters. The molecule has 0 aliphatic rings. The van der Waals surface area contributed by atoms with Crippen LogP contribution in [0.4, 0.5) is 13.2 Å². The highest BCUT2D eigenvalue weighted by Crippen LogP contribution is 2.30. The first-order valence-electron chi connectivity index (χ1n) is 6.00. The largest absolute Gasteiger partial charge is 0.573 e. The Balaban J connectivity index is 2.27. The van der Waals surface area contributed by atoms with Crippen LogP contribution >= 0.6 is 0 Å². The van der Waals surface area contributed by atoms with Gasteiger partial charge in [-0.15, -0.1) is 13.2 Å². The van der Waals surface area contributed by atoms with Crippen molar-refractivity contribution in [3.05, 3.63) is 53.5 Å². The highest BCUT2D eigenvalue weighted by atomic mass is 19.4. The number of hydrogen-bond acceptors (Lipinski definition) is 3. The molecule has 0 bridgehead atoms. The number of rotatable bonds is 4. The predicted octanol–water partition coefficient (Wildman–Crippen LogP) is 3.82. The summed E-state index contributed by atoms with van der Waals surface area (Å²) in [6.45, 7) is 1.86. The first-order valence-corrected chi connectivity index (χ1v) is 6.00. The van der Waals surface area contributed by atoms with E-state index in [9.17, 15) is 18.3 Å². The maximum atomic E-state index is 12.2. The number of alkyl halides is 3. The van der Waals surface area contributed by atoms with Crippen LogP contribution in [-0.4, -0.2) is 11.5 Å². The highest BCUT2D eigenvalue weighted by molar-refractivity contribution is 5.36. The van der Waals surface area contributed by atoms with Crippen molar-refractivity contribution < 1.29 is 27.4 Å². The maximum absolute atomic E-state index is 12.2. The standard InChI is InChI=1S/C14H13F3O3/c1-2-12-11(6-7-19-12)13(18)9-4-3-5-10(8-9)20-14(15,16)17/h3-8,13,18H,2H2,1H3. The molecule has 0 spiro atoms. The van der Waals surface area contributed by atoms with Gasteiger partial charge >= 0.3 is 6.36 Å². The Morgan fingerprint density at radius 1 is 1.30 bits per heavy atom. The lowest BCUT2D eigenvalue weighted by Gasteiger charge is -2.13. The minimum atomic E-state index is -4.76. The van der Waals surface area contributed by atoms with Gasteiger partial charge in [0.05, 0.1) is 6.26 Å². The van der Waals surface area contributed by atoms with Crippen molar-refractivity contribution in [1.82, 2.24) is 0 Å². The van der Waals surface area contributed by atoms with Crippen LogP contribution in [0.5, 0.6) is 5.75 Å². The molecule has 0 saturated carbocycles. The van der Waals surface area contributed by atoms with Crippen LogP contribution < -0.4 is 4.74 Å². The Kier molecular flexibility index (Phi) is 4.04. The summed E-state index contributed by atoms with van der Waals surface area (Å²) in [6, 6.07) is 6.86. The second kappa shape index (κ2) is 5.58. The molecule has 20 heavy (non-hydrogen) atoms. The van der Waals surface area contributed by atoms with Crippen molar-refractivity contribution in [3.8, 4) is 5.75 Å². The van der Waals surface area contributed by atoms with E-state index < -0.39 is 12.5 Å². The quantitative estimate of drug-likeness (QED) is 0.929. The van der Waals surface area contributed by atoms with Gasteiger partial charge in [-0.3, -0.25) is 0 Å². The Hall–Kier alpha value is -1.95. The molecule has 0 saturated heterocycles. The lowest BCUT2D eigenvalue weighted by atomic mass is 10.0. The highest BCUT2D eigenvalue weighted by Gasteiger charge is 2.31. The molecule has 2 aromatic rings. The zero-order chi connectivity index (χ0) is 14.8. The van der Waals surface area contributed by atoms with Crippen LogP contribution in [0.3, 0.4) is 0 Å². The molecule has 0 aliphatic heterocycles. The summed E-state index contributed by atoms with van der Waals surface area (Å²) < 4.78 is 45.5. The molecular formula is C14H13F3O3. The molecule has 0 fully saturated rings. The summed E-state index contributed by atoms with van der Waals surface area (Å²) in [5.74, 6) is 0.232. The van der Waals surface area contributed by atoms with Crippen LogP contribution in [0.25, 0.3) is 0 Å². The van der Waals surface area contributed by atoms with Gasteiger partial charge in [0.15, 0.2) is 0 Å². The van der Waals surface area contributed by atoms with Crippen LogP contribution in [0, 0.1) is 0 Å². The first kappa shape index (κ1) is 14.5. The monoisotopic (exact) mass is 286 g/mol. The van der Waals surface area contributed by atoms with E-state index in [0.29, 0.717) is 23.3 Å². The molecule has 3 nitrogen and oxygen atoms in total. The van der Waals surface area contributed by atoms with Crippen molar-refractivity contribution in [2.24, 2.45) is 0 Å². The number of benzene rings is 1. The van der Waals surface area contributed by atoms with Gasteiger partial charge in [-0.2, -0.15) is 0 Å². The van der Waals surface area contributed by atoms with Gasteiger partial charge in [-0.25, -0.2) is 0 Å². The molecular weight excluding hydrogens is 273 g/mol. The molecule has 2 rings (SSSR count). The molecule has 0 amide bonds. The van der Waals surface area contributed by atoms with E-state index in [-0.39, 0.29) is 5.75 Å². The fourth-order valence-corrected chi connectivity index (χ4v) is 1.94. The van der Waals surface area contributed by atoms with Gasteiger partial charge in [0.1, 0.15) is 17.6 Å². The Morgan fingerprint density at radius 2 is 2.05 bits per heavy atom. The summed E-state index contributed by atoms with van der Waals surface area (Å²) in [6.07, 6.45) is -3.79. The van der Waals surface area contributed by atoms with Crippen LogP contribution in [-0.2, 0) is 6.42 Å². The van der Waals surface area contributed by atoms with E-state index in [4.69, 9.17) is 4.42 Å². The molecule has 1 aromatic carbocycles. The minimum absolute atomic E-state index is 0.308. The van der Waals surface area contributed by atoms with Gasteiger partial charge in [0.2, 0.25) is 0 Å². The molecule has 1 unspecified atom stereocenters. The lowest BCUT2D eigenvalue weighted by molar-refractivity contribution is -0.274. The fourth-order valence-electron chi connectivity index (χ4n) is 1.94. The van der Waals surface area contributed by atoms with Crippen molar-refractivity contribution in [2.45, 2.75) is 25.8 Å². The van der Waals surface area contributed by atoms with Gasteiger partial charge in [-0.1, -0.05) is 19.1 Å². The minimum Gasteiger partial charge on any atom is -0.469 e. The summed E-state index contributed by atoms with van der Waals surface area (Å²) in [7, 11) is 0. The van der Waals surface area contributed by atoms with Crippen molar-refractivity contribution in [3.63, 3.8) is 0 Å². The number of ether oxygens (including phenoxy) is 1. The SMILES string of the molecule is CCc1occc1C(O)c1cccc(OC(F)(F)F)c1. The average molecular weight is 286 g/mol. The van der Waals surface area contributed by atoms with Gasteiger partial charge in [-0.05, 0) is 23.8 Å². The van der Waals surface area contributed by atoms with E-state index in [2.05, 4.69) is 4.74 Å². The number of hydrogen-bond donors (Lipinski definition) is 1. The molecule has 108 valence electrons. The Bertz CT molecular complexity index is 575. The molecule has 0 aliphatic carbocycles. The van der Waals surface area contributed by atoms with Crippen LogP contribution in [0.2, 0.25) is 0 Å². The number of halogens is 3. The normalized spacial score (nSPS) is 13.2.